The Morgan fingerprint density at radius 2 is 2.00 bits per heavy atom. The molecular formula is C8H5Cl2NO5. The molecule has 0 fully saturated rings. The number of carbonyl (C=O) groups is 1. The molecular weight excluding hydrogens is 261 g/mol. The van der Waals surface area contributed by atoms with Gasteiger partial charge in [-0.15, -0.1) is 0 Å². The molecule has 0 spiro atoms. The van der Waals surface area contributed by atoms with Gasteiger partial charge in [-0.3, -0.25) is 10.1 Å². The number of nitro benzene ring substituents is 1. The lowest BCUT2D eigenvalue weighted by atomic mass is 10.3. The Balaban J connectivity index is 3.14. The molecule has 1 aromatic carbocycles. The summed E-state index contributed by atoms with van der Waals surface area (Å²) in [6, 6.07) is 2.06. The zero-order chi connectivity index (χ0) is 12.3. The Bertz CT molecular complexity index is 448. The zero-order valence-electron chi connectivity index (χ0n) is 7.90. The molecule has 0 atom stereocenters. The van der Waals surface area contributed by atoms with Crippen molar-refractivity contribution in [1.82, 2.24) is 0 Å². The van der Waals surface area contributed by atoms with Gasteiger partial charge in [0.15, 0.2) is 5.75 Å². The number of nitrogens with zero attached hydrogens (tertiary/aromatic N) is 1. The second kappa shape index (κ2) is 5.00. The number of nitro groups is 1. The number of ether oxygens (including phenoxy) is 2. The number of hydrogen-bond donors (Lipinski definition) is 0. The van der Waals surface area contributed by atoms with Crippen LogP contribution in [0.4, 0.5) is 10.5 Å². The standard InChI is InChI=1S/C8H5Cl2NO5/c1-15-8(12)16-7-3-6(11(13)14)4(9)2-5(7)10/h2-3H,1H3. The highest BCUT2D eigenvalue weighted by molar-refractivity contribution is 6.36. The van der Waals surface area contributed by atoms with Crippen LogP contribution in [0, 0.1) is 10.1 Å². The van der Waals surface area contributed by atoms with E-state index in [0.717, 1.165) is 19.2 Å². The quantitative estimate of drug-likeness (QED) is 0.355. The van der Waals surface area contributed by atoms with Crippen LogP contribution in [-0.4, -0.2) is 18.2 Å². The van der Waals surface area contributed by atoms with Gasteiger partial charge in [-0.25, -0.2) is 4.79 Å². The average molecular weight is 266 g/mol. The summed E-state index contributed by atoms with van der Waals surface area (Å²) in [6.45, 7) is 0. The molecule has 86 valence electrons. The molecule has 16 heavy (non-hydrogen) atoms. The van der Waals surface area contributed by atoms with Gasteiger partial charge in [0, 0.05) is 0 Å². The highest BCUT2D eigenvalue weighted by Gasteiger charge is 2.18. The summed E-state index contributed by atoms with van der Waals surface area (Å²) in [5, 5.41) is 10.4. The molecule has 8 heteroatoms. The van der Waals surface area contributed by atoms with Crippen molar-refractivity contribution in [2.24, 2.45) is 0 Å². The first-order chi connectivity index (χ1) is 7.45. The van der Waals surface area contributed by atoms with Gasteiger partial charge in [0.2, 0.25) is 0 Å². The van der Waals surface area contributed by atoms with E-state index in [-0.39, 0.29) is 15.8 Å². The molecule has 0 radical (unpaired) electrons. The van der Waals surface area contributed by atoms with E-state index in [1.165, 1.54) is 0 Å². The molecule has 0 heterocycles. The van der Waals surface area contributed by atoms with Crippen LogP contribution in [0.3, 0.4) is 0 Å². The Hall–Kier alpha value is -1.53. The Kier molecular flexibility index (Phi) is 3.92. The fraction of sp³-hybridized carbons (Fsp3) is 0.125. The minimum absolute atomic E-state index is 0.0269. The van der Waals surface area contributed by atoms with Crippen molar-refractivity contribution >= 4 is 35.0 Å². The van der Waals surface area contributed by atoms with Crippen LogP contribution in [0.5, 0.6) is 5.75 Å². The lowest BCUT2D eigenvalue weighted by Crippen LogP contribution is -2.07. The molecule has 0 aliphatic heterocycles. The van der Waals surface area contributed by atoms with Gasteiger partial charge in [0.25, 0.3) is 5.69 Å². The van der Waals surface area contributed by atoms with Crippen LogP contribution in [0.25, 0.3) is 0 Å². The summed E-state index contributed by atoms with van der Waals surface area (Å²) < 4.78 is 8.80. The zero-order valence-corrected chi connectivity index (χ0v) is 9.41. The molecule has 0 aliphatic rings. The highest BCUT2D eigenvalue weighted by atomic mass is 35.5. The van der Waals surface area contributed by atoms with Crippen LogP contribution >= 0.6 is 23.2 Å². The predicted molar refractivity (Wildman–Crippen MR) is 56.1 cm³/mol. The van der Waals surface area contributed by atoms with Crippen molar-refractivity contribution in [1.29, 1.82) is 0 Å². The van der Waals surface area contributed by atoms with Crippen molar-refractivity contribution in [3.05, 3.63) is 32.3 Å². The smallest absolute Gasteiger partial charge is 0.437 e. The second-order valence-electron chi connectivity index (χ2n) is 2.55. The lowest BCUT2D eigenvalue weighted by molar-refractivity contribution is -0.384. The Labute approximate surface area is 99.8 Å². The van der Waals surface area contributed by atoms with Crippen LogP contribution in [-0.2, 0) is 4.74 Å². The minimum atomic E-state index is -1.03. The van der Waals surface area contributed by atoms with Crippen molar-refractivity contribution < 1.29 is 19.2 Å². The van der Waals surface area contributed by atoms with E-state index in [1.807, 2.05) is 0 Å². The fourth-order valence-corrected chi connectivity index (χ4v) is 1.36. The van der Waals surface area contributed by atoms with Gasteiger partial charge in [-0.1, -0.05) is 23.2 Å². The van der Waals surface area contributed by atoms with Crippen molar-refractivity contribution in [3.8, 4) is 5.75 Å². The first-order valence-electron chi connectivity index (χ1n) is 3.85. The number of halogens is 2. The summed E-state index contributed by atoms with van der Waals surface area (Å²) in [7, 11) is 1.10. The maximum atomic E-state index is 10.8. The molecule has 0 unspecified atom stereocenters. The summed E-state index contributed by atoms with van der Waals surface area (Å²) in [6.07, 6.45) is -1.03. The van der Waals surface area contributed by atoms with Gasteiger partial charge in [-0.2, -0.15) is 0 Å². The third-order valence-corrected chi connectivity index (χ3v) is 2.16. The third kappa shape index (κ3) is 2.74. The first kappa shape index (κ1) is 12.5. The molecule has 0 saturated heterocycles. The van der Waals surface area contributed by atoms with E-state index < -0.39 is 16.8 Å². The van der Waals surface area contributed by atoms with Crippen molar-refractivity contribution in [2.75, 3.05) is 7.11 Å². The summed E-state index contributed by atoms with van der Waals surface area (Å²) in [4.78, 5) is 20.6. The maximum Gasteiger partial charge on any atom is 0.513 e. The van der Waals surface area contributed by atoms with E-state index in [2.05, 4.69) is 9.47 Å². The number of methoxy groups -OCH3 is 1. The van der Waals surface area contributed by atoms with Gasteiger partial charge < -0.3 is 9.47 Å². The predicted octanol–water partition coefficient (Wildman–Crippen LogP) is 3.05. The van der Waals surface area contributed by atoms with Crippen LogP contribution in [0.2, 0.25) is 10.0 Å². The first-order valence-corrected chi connectivity index (χ1v) is 4.60. The average Bonchev–Trinajstić information content (AvgIpc) is 2.21. The van der Waals surface area contributed by atoms with E-state index in [1.54, 1.807) is 0 Å². The van der Waals surface area contributed by atoms with E-state index >= 15 is 0 Å². The van der Waals surface area contributed by atoms with Crippen molar-refractivity contribution in [3.63, 3.8) is 0 Å². The van der Waals surface area contributed by atoms with Crippen LogP contribution in [0.15, 0.2) is 12.1 Å². The Morgan fingerprint density at radius 3 is 2.50 bits per heavy atom. The molecule has 1 rings (SSSR count). The van der Waals surface area contributed by atoms with Crippen LogP contribution in [0.1, 0.15) is 0 Å². The SMILES string of the molecule is COC(=O)Oc1cc([N+](=O)[O-])c(Cl)cc1Cl. The molecule has 1 aromatic rings. The molecule has 0 aliphatic carbocycles. The van der Waals surface area contributed by atoms with Gasteiger partial charge >= 0.3 is 6.16 Å². The fourth-order valence-electron chi connectivity index (χ4n) is 0.868. The maximum absolute atomic E-state index is 10.8. The summed E-state index contributed by atoms with van der Waals surface area (Å²) >= 11 is 11.2. The minimum Gasteiger partial charge on any atom is -0.437 e. The highest BCUT2D eigenvalue weighted by Crippen LogP contribution is 2.35. The number of hydrogen-bond acceptors (Lipinski definition) is 5. The molecule has 0 saturated carbocycles. The van der Waals surface area contributed by atoms with E-state index in [9.17, 15) is 14.9 Å². The van der Waals surface area contributed by atoms with Crippen LogP contribution < -0.4 is 4.74 Å². The Morgan fingerprint density at radius 1 is 1.38 bits per heavy atom. The van der Waals surface area contributed by atoms with Crippen molar-refractivity contribution in [2.45, 2.75) is 0 Å². The molecule has 6 nitrogen and oxygen atoms in total. The molecule has 0 aromatic heterocycles. The molecule has 0 amide bonds. The third-order valence-electron chi connectivity index (χ3n) is 1.56. The number of rotatable bonds is 2. The topological polar surface area (TPSA) is 78.7 Å². The normalized spacial score (nSPS) is 9.69. The summed E-state index contributed by atoms with van der Waals surface area (Å²) in [5.41, 5.74) is -0.412. The number of benzene rings is 1. The second-order valence-corrected chi connectivity index (χ2v) is 3.36. The van der Waals surface area contributed by atoms with Gasteiger partial charge in [-0.05, 0) is 6.07 Å². The van der Waals surface area contributed by atoms with E-state index in [4.69, 9.17) is 23.2 Å². The molecule has 0 bridgehead atoms. The van der Waals surface area contributed by atoms with Gasteiger partial charge in [0.1, 0.15) is 5.02 Å². The van der Waals surface area contributed by atoms with Gasteiger partial charge in [0.05, 0.1) is 23.1 Å². The summed E-state index contributed by atoms with van der Waals surface area (Å²) in [5.74, 6) is -0.190. The largest absolute Gasteiger partial charge is 0.513 e. The monoisotopic (exact) mass is 265 g/mol. The van der Waals surface area contributed by atoms with E-state index in [0.29, 0.717) is 0 Å². The number of carbonyl (C=O) groups excluding carboxylic acids is 1. The molecule has 0 N–H and O–H groups in total. The lowest BCUT2D eigenvalue weighted by Gasteiger charge is -2.05.